The van der Waals surface area contributed by atoms with Gasteiger partial charge in [-0.25, -0.2) is 0 Å². The second-order valence-corrected chi connectivity index (χ2v) is 6.76. The van der Waals surface area contributed by atoms with Gasteiger partial charge in [0.25, 0.3) is 0 Å². The van der Waals surface area contributed by atoms with E-state index in [-0.39, 0.29) is 17.4 Å². The van der Waals surface area contributed by atoms with Gasteiger partial charge in [0.2, 0.25) is 5.91 Å². The summed E-state index contributed by atoms with van der Waals surface area (Å²) in [7, 11) is 0. The minimum atomic E-state index is -0.878. The van der Waals surface area contributed by atoms with Crippen LogP contribution in [0.15, 0.2) is 24.3 Å². The highest BCUT2D eigenvalue weighted by atomic mass is 16.5. The number of ether oxygens (including phenoxy) is 2. The summed E-state index contributed by atoms with van der Waals surface area (Å²) < 4.78 is 11.3. The number of amides is 1. The molecule has 0 spiro atoms. The zero-order valence-electron chi connectivity index (χ0n) is 14.5. The molecule has 5 nitrogen and oxygen atoms in total. The fourth-order valence-electron chi connectivity index (χ4n) is 2.95. The number of aryl methyl sites for hydroxylation is 1. The second-order valence-electron chi connectivity index (χ2n) is 6.76. The van der Waals surface area contributed by atoms with Crippen molar-refractivity contribution in [3.8, 4) is 5.75 Å². The van der Waals surface area contributed by atoms with Crippen LogP contribution in [0.4, 0.5) is 0 Å². The van der Waals surface area contributed by atoms with Crippen molar-refractivity contribution >= 4 is 5.91 Å². The molecular weight excluding hydrogens is 292 g/mol. The summed E-state index contributed by atoms with van der Waals surface area (Å²) in [5.41, 5.74) is 6.26. The Balaban J connectivity index is 1.78. The summed E-state index contributed by atoms with van der Waals surface area (Å²) in [6.07, 6.45) is 0.588. The SMILES string of the molecule is CCOC1CC(N)(C(=O)NCCOc2ccc(C)cc2)C1(C)C. The molecule has 1 aliphatic carbocycles. The van der Waals surface area contributed by atoms with E-state index in [1.807, 2.05) is 52.0 Å². The predicted octanol–water partition coefficient (Wildman–Crippen LogP) is 2.02. The Labute approximate surface area is 138 Å². The zero-order valence-corrected chi connectivity index (χ0v) is 14.5. The van der Waals surface area contributed by atoms with Crippen LogP contribution in [0.5, 0.6) is 5.75 Å². The lowest BCUT2D eigenvalue weighted by Gasteiger charge is -2.57. The number of hydrogen-bond acceptors (Lipinski definition) is 4. The van der Waals surface area contributed by atoms with Crippen LogP contribution in [0.3, 0.4) is 0 Å². The van der Waals surface area contributed by atoms with Crippen LogP contribution in [0.1, 0.15) is 32.8 Å². The lowest BCUT2D eigenvalue weighted by Crippen LogP contribution is -2.75. The van der Waals surface area contributed by atoms with Gasteiger partial charge in [0, 0.05) is 18.4 Å². The van der Waals surface area contributed by atoms with E-state index >= 15 is 0 Å². The first-order valence-electron chi connectivity index (χ1n) is 8.19. The van der Waals surface area contributed by atoms with Gasteiger partial charge in [0.05, 0.1) is 12.6 Å². The topological polar surface area (TPSA) is 73.6 Å². The molecule has 2 rings (SSSR count). The van der Waals surface area contributed by atoms with Crippen LogP contribution in [0, 0.1) is 12.3 Å². The van der Waals surface area contributed by atoms with Gasteiger partial charge in [-0.2, -0.15) is 0 Å². The molecule has 1 aromatic rings. The Morgan fingerprint density at radius 2 is 2.00 bits per heavy atom. The molecule has 1 aliphatic rings. The average molecular weight is 320 g/mol. The maximum atomic E-state index is 12.4. The fraction of sp³-hybridized carbons (Fsp3) is 0.611. The summed E-state index contributed by atoms with van der Waals surface area (Å²) in [6, 6.07) is 7.83. The maximum absolute atomic E-state index is 12.4. The van der Waals surface area contributed by atoms with E-state index in [2.05, 4.69) is 5.32 Å². The zero-order chi connectivity index (χ0) is 17.1. The van der Waals surface area contributed by atoms with Gasteiger partial charge in [-0.05, 0) is 26.0 Å². The van der Waals surface area contributed by atoms with Crippen LogP contribution in [0.2, 0.25) is 0 Å². The standard InChI is InChI=1S/C18H28N2O3/c1-5-22-15-12-18(19,17(15,3)4)16(21)20-10-11-23-14-8-6-13(2)7-9-14/h6-9,15H,5,10-12,19H2,1-4H3,(H,20,21). The normalized spacial score (nSPS) is 25.5. The maximum Gasteiger partial charge on any atom is 0.240 e. The fourth-order valence-corrected chi connectivity index (χ4v) is 2.95. The van der Waals surface area contributed by atoms with E-state index < -0.39 is 5.54 Å². The molecule has 2 atom stereocenters. The van der Waals surface area contributed by atoms with Crippen LogP contribution in [-0.2, 0) is 9.53 Å². The minimum absolute atomic E-state index is 0.0343. The molecule has 1 fully saturated rings. The lowest BCUT2D eigenvalue weighted by molar-refractivity contribution is -0.170. The first-order chi connectivity index (χ1) is 10.8. The van der Waals surface area contributed by atoms with Gasteiger partial charge >= 0.3 is 0 Å². The Morgan fingerprint density at radius 3 is 2.57 bits per heavy atom. The van der Waals surface area contributed by atoms with E-state index in [9.17, 15) is 4.79 Å². The van der Waals surface area contributed by atoms with Crippen molar-refractivity contribution < 1.29 is 14.3 Å². The van der Waals surface area contributed by atoms with Gasteiger partial charge in [-0.3, -0.25) is 4.79 Å². The van der Waals surface area contributed by atoms with Crippen molar-refractivity contribution in [1.29, 1.82) is 0 Å². The van der Waals surface area contributed by atoms with Gasteiger partial charge in [0.15, 0.2) is 0 Å². The molecule has 1 aromatic carbocycles. The minimum Gasteiger partial charge on any atom is -0.492 e. The van der Waals surface area contributed by atoms with Crippen LogP contribution >= 0.6 is 0 Å². The summed E-state index contributed by atoms with van der Waals surface area (Å²) in [5.74, 6) is 0.665. The molecule has 3 N–H and O–H groups in total. The van der Waals surface area contributed by atoms with Crippen molar-refractivity contribution in [1.82, 2.24) is 5.32 Å². The van der Waals surface area contributed by atoms with Gasteiger partial charge in [-0.15, -0.1) is 0 Å². The largest absolute Gasteiger partial charge is 0.492 e. The molecule has 23 heavy (non-hydrogen) atoms. The third-order valence-corrected chi connectivity index (χ3v) is 4.91. The molecule has 1 amide bonds. The Bertz CT molecular complexity index is 542. The summed E-state index contributed by atoms with van der Waals surface area (Å²) in [6.45, 7) is 9.44. The van der Waals surface area contributed by atoms with Crippen molar-refractivity contribution in [3.63, 3.8) is 0 Å². The highest BCUT2D eigenvalue weighted by molar-refractivity contribution is 5.88. The number of nitrogens with one attached hydrogen (secondary N) is 1. The van der Waals surface area contributed by atoms with Crippen LogP contribution < -0.4 is 15.8 Å². The number of carbonyl (C=O) groups excluding carboxylic acids is 1. The monoisotopic (exact) mass is 320 g/mol. The number of rotatable bonds is 7. The molecule has 0 radical (unpaired) electrons. The summed E-state index contributed by atoms with van der Waals surface area (Å²) in [4.78, 5) is 12.4. The molecule has 2 unspecified atom stereocenters. The number of hydrogen-bond donors (Lipinski definition) is 2. The first-order valence-corrected chi connectivity index (χ1v) is 8.19. The molecule has 0 bridgehead atoms. The number of carbonyl (C=O) groups is 1. The van der Waals surface area contributed by atoms with Gasteiger partial charge in [-0.1, -0.05) is 31.5 Å². The third-order valence-electron chi connectivity index (χ3n) is 4.91. The van der Waals surface area contributed by atoms with E-state index in [4.69, 9.17) is 15.2 Å². The van der Waals surface area contributed by atoms with E-state index in [1.54, 1.807) is 0 Å². The average Bonchev–Trinajstić information content (AvgIpc) is 2.52. The predicted molar refractivity (Wildman–Crippen MR) is 90.4 cm³/mol. The molecule has 0 heterocycles. The Morgan fingerprint density at radius 1 is 1.35 bits per heavy atom. The highest BCUT2D eigenvalue weighted by Crippen LogP contribution is 2.49. The second kappa shape index (κ2) is 6.89. The highest BCUT2D eigenvalue weighted by Gasteiger charge is 2.62. The van der Waals surface area contributed by atoms with Crippen LogP contribution in [-0.4, -0.2) is 37.3 Å². The summed E-state index contributed by atoms with van der Waals surface area (Å²) >= 11 is 0. The molecule has 5 heteroatoms. The third kappa shape index (κ3) is 3.51. The quantitative estimate of drug-likeness (QED) is 0.754. The Kier molecular flexibility index (Phi) is 5.32. The van der Waals surface area contributed by atoms with Crippen molar-refractivity contribution in [2.24, 2.45) is 11.1 Å². The molecular formula is C18H28N2O3. The molecule has 1 saturated carbocycles. The lowest BCUT2D eigenvalue weighted by atomic mass is 9.54. The van der Waals surface area contributed by atoms with Gasteiger partial charge in [0.1, 0.15) is 17.9 Å². The molecule has 0 aromatic heterocycles. The molecule has 0 saturated heterocycles. The molecule has 128 valence electrons. The van der Waals surface area contributed by atoms with Crippen molar-refractivity contribution in [3.05, 3.63) is 29.8 Å². The molecule has 0 aliphatic heterocycles. The summed E-state index contributed by atoms with van der Waals surface area (Å²) in [5, 5.41) is 2.88. The Hall–Kier alpha value is -1.59. The smallest absolute Gasteiger partial charge is 0.240 e. The number of nitrogens with two attached hydrogens (primary N) is 1. The van der Waals surface area contributed by atoms with E-state index in [0.29, 0.717) is 26.2 Å². The first kappa shape index (κ1) is 17.8. The van der Waals surface area contributed by atoms with Crippen molar-refractivity contribution in [2.45, 2.75) is 45.8 Å². The van der Waals surface area contributed by atoms with Crippen LogP contribution in [0.25, 0.3) is 0 Å². The number of benzene rings is 1. The van der Waals surface area contributed by atoms with E-state index in [0.717, 1.165) is 5.75 Å². The van der Waals surface area contributed by atoms with Gasteiger partial charge < -0.3 is 20.5 Å². The van der Waals surface area contributed by atoms with Crippen molar-refractivity contribution in [2.75, 3.05) is 19.8 Å². The van der Waals surface area contributed by atoms with E-state index in [1.165, 1.54) is 5.56 Å².